The Morgan fingerprint density at radius 3 is 1.78 bits per heavy atom. The number of aromatic hydroxyl groups is 5. The van der Waals surface area contributed by atoms with Gasteiger partial charge in [-0.3, -0.25) is 4.79 Å². The topological polar surface area (TPSA) is 296 Å². The van der Waals surface area contributed by atoms with Gasteiger partial charge in [-0.1, -0.05) is 24.3 Å². The molecule has 0 saturated heterocycles. The van der Waals surface area contributed by atoms with Crippen LogP contribution in [0.25, 0.3) is 6.08 Å². The lowest BCUT2D eigenvalue weighted by Crippen LogP contribution is -2.33. The molecule has 18 nitrogen and oxygen atoms in total. The Kier molecular flexibility index (Phi) is 11.0. The zero-order valence-electron chi connectivity index (χ0n) is 27.4. The number of carbonyl (C=O) groups excluding carboxylic acids is 2. The fraction of sp³-hybridized carbons (Fsp3) is 0.167. The highest BCUT2D eigenvalue weighted by Crippen LogP contribution is 2.53. The van der Waals surface area contributed by atoms with Gasteiger partial charge >= 0.3 is 23.9 Å². The SMILES string of the molecule is O=Nc1ccc([C@H]2Oc3c(O)ccc(/C=C/C(=O)O[C@H](Cc4ccc(O)c(O)c4)C(=O)O)c3[C@@H]2C(=O)O[C@H](Cc2ccc(O)c(O)c2)C(=O)O)cc1N=O. The van der Waals surface area contributed by atoms with Crippen LogP contribution in [0.2, 0.25) is 0 Å². The fourth-order valence-corrected chi connectivity index (χ4v) is 5.64. The maximum absolute atomic E-state index is 14.0. The summed E-state index contributed by atoms with van der Waals surface area (Å²) in [5.74, 6) is -10.0. The van der Waals surface area contributed by atoms with Crippen molar-refractivity contribution in [3.8, 4) is 34.5 Å². The van der Waals surface area contributed by atoms with Crippen LogP contribution >= 0.6 is 0 Å². The van der Waals surface area contributed by atoms with Gasteiger partial charge in [-0.25, -0.2) is 14.4 Å². The lowest BCUT2D eigenvalue weighted by molar-refractivity contribution is -0.166. The zero-order chi connectivity index (χ0) is 39.3. The van der Waals surface area contributed by atoms with Gasteiger partial charge in [0.2, 0.25) is 12.2 Å². The Bertz CT molecular complexity index is 2200. The molecule has 7 N–H and O–H groups in total. The van der Waals surface area contributed by atoms with Gasteiger partial charge in [-0.15, -0.1) is 9.81 Å². The number of aliphatic carboxylic acids is 2. The van der Waals surface area contributed by atoms with Gasteiger partial charge in [0.25, 0.3) is 0 Å². The van der Waals surface area contributed by atoms with Crippen LogP contribution in [0, 0.1) is 9.81 Å². The molecule has 4 aromatic rings. The molecule has 5 rings (SSSR count). The second-order valence-corrected chi connectivity index (χ2v) is 11.8. The summed E-state index contributed by atoms with van der Waals surface area (Å²) >= 11 is 0. The molecule has 4 aromatic carbocycles. The number of carboxylic acids is 2. The Morgan fingerprint density at radius 1 is 0.685 bits per heavy atom. The van der Waals surface area contributed by atoms with Crippen molar-refractivity contribution in [1.29, 1.82) is 0 Å². The second kappa shape index (κ2) is 15.8. The summed E-state index contributed by atoms with van der Waals surface area (Å²) in [5, 5.41) is 74.7. The summed E-state index contributed by atoms with van der Waals surface area (Å²) in [6.45, 7) is 0. The smallest absolute Gasteiger partial charge is 0.345 e. The molecular formula is C36H28N2O16. The predicted molar refractivity (Wildman–Crippen MR) is 183 cm³/mol. The molecule has 0 aromatic heterocycles. The average molecular weight is 745 g/mol. The van der Waals surface area contributed by atoms with Crippen LogP contribution in [0.4, 0.5) is 11.4 Å². The van der Waals surface area contributed by atoms with Crippen molar-refractivity contribution in [1.82, 2.24) is 0 Å². The van der Waals surface area contributed by atoms with E-state index < -0.39 is 95.4 Å². The van der Waals surface area contributed by atoms with Crippen molar-refractivity contribution in [2.45, 2.75) is 37.1 Å². The second-order valence-electron chi connectivity index (χ2n) is 11.8. The largest absolute Gasteiger partial charge is 0.504 e. The number of rotatable bonds is 14. The fourth-order valence-electron chi connectivity index (χ4n) is 5.64. The number of ether oxygens (including phenoxy) is 3. The van der Waals surface area contributed by atoms with Gasteiger partial charge in [0.05, 0.1) is 0 Å². The van der Waals surface area contributed by atoms with E-state index in [1.807, 2.05) is 0 Å². The summed E-state index contributed by atoms with van der Waals surface area (Å²) in [6, 6.07) is 12.8. The normalized spacial score (nSPS) is 15.7. The monoisotopic (exact) mass is 744 g/mol. The average Bonchev–Trinajstić information content (AvgIpc) is 3.55. The van der Waals surface area contributed by atoms with E-state index in [1.165, 1.54) is 24.3 Å². The van der Waals surface area contributed by atoms with E-state index in [9.17, 15) is 64.7 Å². The molecule has 0 fully saturated rings. The van der Waals surface area contributed by atoms with Crippen molar-refractivity contribution in [3.05, 3.63) is 110 Å². The number of hydrogen-bond acceptors (Lipinski definition) is 16. The van der Waals surface area contributed by atoms with Crippen LogP contribution in [0.1, 0.15) is 39.8 Å². The standard InChI is InChI=1S/C36H28N2O16/c39-22-7-1-16(11-25(22)42)13-27(34(45)46)52-29(44)10-5-18-4-9-24(41)33-30(18)31(32(54-33)19-3-6-20(37-50)21(15-19)38-51)36(49)53-28(35(47)48)14-17-2-8-23(40)26(43)12-17/h1-12,15,27-28,31-32,39-43H,13-14H2,(H,45,46)(H,47,48)/b10-5+/t27-,28-,31+,32-/m1/s1. The van der Waals surface area contributed by atoms with Gasteiger partial charge < -0.3 is 50.0 Å². The summed E-state index contributed by atoms with van der Waals surface area (Å²) in [4.78, 5) is 73.8. The highest BCUT2D eigenvalue weighted by Gasteiger charge is 2.46. The quantitative estimate of drug-likeness (QED) is 0.0398. The lowest BCUT2D eigenvalue weighted by Gasteiger charge is -2.22. The molecule has 0 bridgehead atoms. The third-order valence-corrected chi connectivity index (χ3v) is 8.23. The number of nitroso groups, excluding NO2 is 2. The van der Waals surface area contributed by atoms with Crippen molar-refractivity contribution in [2.75, 3.05) is 0 Å². The van der Waals surface area contributed by atoms with E-state index >= 15 is 0 Å². The highest BCUT2D eigenvalue weighted by molar-refractivity contribution is 5.92. The number of benzene rings is 4. The van der Waals surface area contributed by atoms with E-state index in [1.54, 1.807) is 0 Å². The minimum absolute atomic E-state index is 0.00905. The van der Waals surface area contributed by atoms with Gasteiger partial charge in [0.1, 0.15) is 23.4 Å². The Balaban J connectivity index is 1.50. The molecule has 0 aliphatic carbocycles. The van der Waals surface area contributed by atoms with Crippen LogP contribution in [0.5, 0.6) is 34.5 Å². The first-order valence-corrected chi connectivity index (χ1v) is 15.6. The van der Waals surface area contributed by atoms with E-state index in [2.05, 4.69) is 10.4 Å². The molecule has 0 unspecified atom stereocenters. The Morgan fingerprint density at radius 2 is 1.24 bits per heavy atom. The first-order chi connectivity index (χ1) is 25.7. The molecule has 4 atom stereocenters. The number of nitrogens with zero attached hydrogens (tertiary/aromatic N) is 2. The molecule has 0 radical (unpaired) electrons. The minimum Gasteiger partial charge on any atom is -0.504 e. The number of phenolic OH excluding ortho intramolecular Hbond substituents is 5. The van der Waals surface area contributed by atoms with Crippen LogP contribution in [0.15, 0.2) is 83.2 Å². The molecule has 1 aliphatic heterocycles. The predicted octanol–water partition coefficient (Wildman–Crippen LogP) is 4.72. The highest BCUT2D eigenvalue weighted by atomic mass is 16.6. The number of fused-ring (bicyclic) bond motifs is 1. The number of carbonyl (C=O) groups is 4. The Labute approximate surface area is 302 Å². The molecule has 0 amide bonds. The molecule has 278 valence electrons. The van der Waals surface area contributed by atoms with Crippen LogP contribution in [0.3, 0.4) is 0 Å². The van der Waals surface area contributed by atoms with Crippen molar-refractivity contribution >= 4 is 41.3 Å². The summed E-state index contributed by atoms with van der Waals surface area (Å²) in [5.41, 5.74) is -0.509. The lowest BCUT2D eigenvalue weighted by atomic mass is 9.87. The Hall–Kier alpha value is -7.50. The number of phenols is 5. The van der Waals surface area contributed by atoms with Crippen molar-refractivity contribution < 1.29 is 69.1 Å². The third-order valence-electron chi connectivity index (χ3n) is 8.23. The third kappa shape index (κ3) is 8.17. The maximum atomic E-state index is 14.0. The molecule has 0 saturated carbocycles. The van der Waals surface area contributed by atoms with Crippen LogP contribution in [-0.2, 0) is 41.5 Å². The molecule has 1 heterocycles. The van der Waals surface area contributed by atoms with E-state index in [0.717, 1.165) is 54.6 Å². The number of hydrogen-bond donors (Lipinski definition) is 7. The molecule has 0 spiro atoms. The maximum Gasteiger partial charge on any atom is 0.345 e. The molecule has 54 heavy (non-hydrogen) atoms. The van der Waals surface area contributed by atoms with Crippen LogP contribution < -0.4 is 4.74 Å². The summed E-state index contributed by atoms with van der Waals surface area (Å²) in [6.07, 6.45) is -4.06. The van der Waals surface area contributed by atoms with E-state index in [0.29, 0.717) is 0 Å². The van der Waals surface area contributed by atoms with E-state index in [-0.39, 0.29) is 39.3 Å². The number of carboxylic acid groups (broad SMARTS) is 2. The molecule has 18 heteroatoms. The van der Waals surface area contributed by atoms with Gasteiger partial charge in [0, 0.05) is 24.5 Å². The first kappa shape index (κ1) is 37.7. The first-order valence-electron chi connectivity index (χ1n) is 15.6. The van der Waals surface area contributed by atoms with Gasteiger partial charge in [-0.05, 0) is 81.1 Å². The number of esters is 2. The van der Waals surface area contributed by atoms with Crippen LogP contribution in [-0.4, -0.2) is 71.8 Å². The minimum atomic E-state index is -1.88. The van der Waals surface area contributed by atoms with Crippen molar-refractivity contribution in [2.24, 2.45) is 10.4 Å². The summed E-state index contributed by atoms with van der Waals surface area (Å²) < 4.78 is 16.5. The van der Waals surface area contributed by atoms with E-state index in [4.69, 9.17) is 14.2 Å². The molecule has 1 aliphatic rings. The van der Waals surface area contributed by atoms with Gasteiger partial charge in [0.15, 0.2) is 34.5 Å². The molecular weight excluding hydrogens is 716 g/mol. The summed E-state index contributed by atoms with van der Waals surface area (Å²) in [7, 11) is 0. The van der Waals surface area contributed by atoms with Gasteiger partial charge in [-0.2, -0.15) is 0 Å². The van der Waals surface area contributed by atoms with Crippen molar-refractivity contribution in [3.63, 3.8) is 0 Å². The zero-order valence-corrected chi connectivity index (χ0v) is 27.4.